The van der Waals surface area contributed by atoms with E-state index in [1.807, 2.05) is 55.5 Å². The lowest BCUT2D eigenvalue weighted by Crippen LogP contribution is -2.11. The maximum absolute atomic E-state index is 11.9. The predicted octanol–water partition coefficient (Wildman–Crippen LogP) is 4.41. The highest BCUT2D eigenvalue weighted by Gasteiger charge is 2.24. The summed E-state index contributed by atoms with van der Waals surface area (Å²) >= 11 is 0. The van der Waals surface area contributed by atoms with Crippen LogP contribution in [0.3, 0.4) is 0 Å². The van der Waals surface area contributed by atoms with Crippen LogP contribution in [0, 0.1) is 12.8 Å². The molecule has 4 rings (SSSR count). The van der Waals surface area contributed by atoms with Crippen LogP contribution in [0.15, 0.2) is 54.7 Å². The number of hydrogen-bond donors (Lipinski definition) is 3. The quantitative estimate of drug-likeness (QED) is 0.567. The Morgan fingerprint density at radius 2 is 1.68 bits per heavy atom. The van der Waals surface area contributed by atoms with E-state index >= 15 is 0 Å². The highest BCUT2D eigenvalue weighted by Crippen LogP contribution is 2.32. The van der Waals surface area contributed by atoms with E-state index in [-0.39, 0.29) is 5.91 Å². The Labute approximate surface area is 163 Å². The Bertz CT molecular complexity index is 954. The zero-order valence-corrected chi connectivity index (χ0v) is 15.6. The predicted molar refractivity (Wildman–Crippen MR) is 110 cm³/mol. The zero-order valence-electron chi connectivity index (χ0n) is 15.6. The number of pyridine rings is 1. The Morgan fingerprint density at radius 1 is 0.964 bits per heavy atom. The van der Waals surface area contributed by atoms with Gasteiger partial charge in [-0.25, -0.2) is 15.0 Å². The van der Waals surface area contributed by atoms with E-state index in [2.05, 4.69) is 30.9 Å². The van der Waals surface area contributed by atoms with Gasteiger partial charge in [-0.2, -0.15) is 0 Å². The maximum Gasteiger partial charge on any atom is 0.224 e. The van der Waals surface area contributed by atoms with Crippen molar-refractivity contribution in [2.75, 3.05) is 16.0 Å². The van der Waals surface area contributed by atoms with Gasteiger partial charge in [-0.3, -0.25) is 4.79 Å². The van der Waals surface area contributed by atoms with Crippen molar-refractivity contribution in [3.63, 3.8) is 0 Å². The largest absolute Gasteiger partial charge is 0.340 e. The Hall–Kier alpha value is -3.48. The smallest absolute Gasteiger partial charge is 0.224 e. The first kappa shape index (κ1) is 17.9. The summed E-state index contributed by atoms with van der Waals surface area (Å²) in [4.78, 5) is 25.0. The third-order valence-electron chi connectivity index (χ3n) is 4.37. The lowest BCUT2D eigenvalue weighted by Gasteiger charge is -2.11. The number of benzene rings is 1. The second-order valence-corrected chi connectivity index (χ2v) is 6.92. The van der Waals surface area contributed by atoms with Gasteiger partial charge in [0.15, 0.2) is 0 Å². The molecule has 1 amide bonds. The summed E-state index contributed by atoms with van der Waals surface area (Å²) in [5, 5.41) is 9.38. The summed E-state index contributed by atoms with van der Waals surface area (Å²) < 4.78 is 0. The van der Waals surface area contributed by atoms with Crippen LogP contribution in [0.4, 0.5) is 28.8 Å². The molecule has 28 heavy (non-hydrogen) atoms. The van der Waals surface area contributed by atoms with E-state index in [4.69, 9.17) is 0 Å². The van der Waals surface area contributed by atoms with E-state index in [0.717, 1.165) is 17.2 Å². The lowest BCUT2D eigenvalue weighted by atomic mass is 10.2. The maximum atomic E-state index is 11.9. The number of carbonyl (C=O) groups is 1. The normalized spacial score (nSPS) is 13.0. The molecule has 7 heteroatoms. The number of hydrogen-bond acceptors (Lipinski definition) is 6. The Balaban J connectivity index is 1.41. The van der Waals surface area contributed by atoms with Crippen LogP contribution >= 0.6 is 0 Å². The van der Waals surface area contributed by atoms with Crippen LogP contribution < -0.4 is 16.0 Å². The second-order valence-electron chi connectivity index (χ2n) is 6.92. The molecule has 0 bridgehead atoms. The number of aromatic nitrogens is 3. The fourth-order valence-electron chi connectivity index (χ4n) is 2.84. The number of nitrogens with zero attached hydrogens (tertiary/aromatic N) is 3. The first-order valence-electron chi connectivity index (χ1n) is 9.35. The third kappa shape index (κ3) is 5.03. The Kier molecular flexibility index (Phi) is 5.14. The first-order valence-corrected chi connectivity index (χ1v) is 9.35. The molecule has 1 aliphatic carbocycles. The molecule has 0 atom stereocenters. The van der Waals surface area contributed by atoms with Crippen LogP contribution in [-0.2, 0) is 4.79 Å². The van der Waals surface area contributed by atoms with Gasteiger partial charge in [-0.05, 0) is 62.1 Å². The van der Waals surface area contributed by atoms with Gasteiger partial charge < -0.3 is 16.0 Å². The average Bonchev–Trinajstić information content (AvgIpc) is 3.47. The number of rotatable bonds is 7. The standard InChI is InChI=1S/C21H22N6O/c1-14-23-19(13-20(24-14)27-18-4-2-3-11-22-18)25-16-7-9-17(10-8-16)26-21(28)12-15-5-6-15/h2-4,7-11,13,15H,5-6,12H2,1H3,(H,26,28)(H2,22,23,24,25,27). The van der Waals surface area contributed by atoms with Crippen molar-refractivity contribution in [1.29, 1.82) is 0 Å². The van der Waals surface area contributed by atoms with Crippen LogP contribution in [-0.4, -0.2) is 20.9 Å². The van der Waals surface area contributed by atoms with Gasteiger partial charge in [-0.1, -0.05) is 6.07 Å². The first-order chi connectivity index (χ1) is 13.6. The van der Waals surface area contributed by atoms with Crippen molar-refractivity contribution in [3.05, 3.63) is 60.6 Å². The molecule has 1 fully saturated rings. The SMILES string of the molecule is Cc1nc(Nc2ccc(NC(=O)CC3CC3)cc2)cc(Nc2ccccn2)n1. The molecule has 2 aromatic heterocycles. The van der Waals surface area contributed by atoms with Gasteiger partial charge in [-0.15, -0.1) is 0 Å². The van der Waals surface area contributed by atoms with E-state index in [0.29, 0.717) is 29.8 Å². The van der Waals surface area contributed by atoms with Gasteiger partial charge >= 0.3 is 0 Å². The minimum Gasteiger partial charge on any atom is -0.340 e. The summed E-state index contributed by atoms with van der Waals surface area (Å²) in [6.07, 6.45) is 4.68. The van der Waals surface area contributed by atoms with Gasteiger partial charge in [0, 0.05) is 30.1 Å². The summed E-state index contributed by atoms with van der Waals surface area (Å²) in [5.41, 5.74) is 1.68. The fourth-order valence-corrected chi connectivity index (χ4v) is 2.84. The number of amides is 1. The average molecular weight is 374 g/mol. The number of aryl methyl sites for hydroxylation is 1. The van der Waals surface area contributed by atoms with Gasteiger partial charge in [0.05, 0.1) is 0 Å². The molecule has 0 unspecified atom stereocenters. The van der Waals surface area contributed by atoms with Crippen molar-refractivity contribution in [2.45, 2.75) is 26.2 Å². The molecular formula is C21H22N6O. The molecule has 7 nitrogen and oxygen atoms in total. The molecule has 0 radical (unpaired) electrons. The topological polar surface area (TPSA) is 91.8 Å². The van der Waals surface area contributed by atoms with Crippen molar-refractivity contribution in [3.8, 4) is 0 Å². The van der Waals surface area contributed by atoms with Gasteiger partial charge in [0.1, 0.15) is 23.3 Å². The van der Waals surface area contributed by atoms with E-state index in [1.54, 1.807) is 6.20 Å². The number of nitrogens with one attached hydrogen (secondary N) is 3. The second kappa shape index (κ2) is 8.04. The Morgan fingerprint density at radius 3 is 2.36 bits per heavy atom. The number of anilines is 5. The van der Waals surface area contributed by atoms with E-state index in [9.17, 15) is 4.79 Å². The van der Waals surface area contributed by atoms with E-state index < -0.39 is 0 Å². The molecule has 3 aromatic rings. The summed E-state index contributed by atoms with van der Waals surface area (Å²) in [7, 11) is 0. The molecular weight excluding hydrogens is 352 g/mol. The van der Waals surface area contributed by atoms with Crippen LogP contribution in [0.5, 0.6) is 0 Å². The molecule has 2 heterocycles. The van der Waals surface area contributed by atoms with Gasteiger partial charge in [0.25, 0.3) is 0 Å². The molecule has 3 N–H and O–H groups in total. The highest BCUT2D eigenvalue weighted by atomic mass is 16.1. The minimum absolute atomic E-state index is 0.0832. The number of carbonyl (C=O) groups excluding carboxylic acids is 1. The molecule has 0 aliphatic heterocycles. The van der Waals surface area contributed by atoms with Crippen molar-refractivity contribution in [2.24, 2.45) is 5.92 Å². The lowest BCUT2D eigenvalue weighted by molar-refractivity contribution is -0.116. The summed E-state index contributed by atoms with van der Waals surface area (Å²) in [6.45, 7) is 1.84. The van der Waals surface area contributed by atoms with Crippen molar-refractivity contribution >= 4 is 34.7 Å². The summed E-state index contributed by atoms with van der Waals surface area (Å²) in [5.74, 6) is 3.37. The molecule has 142 valence electrons. The van der Waals surface area contributed by atoms with Crippen molar-refractivity contribution in [1.82, 2.24) is 15.0 Å². The molecule has 1 aliphatic rings. The highest BCUT2D eigenvalue weighted by molar-refractivity contribution is 5.91. The monoisotopic (exact) mass is 374 g/mol. The van der Waals surface area contributed by atoms with E-state index in [1.165, 1.54) is 12.8 Å². The van der Waals surface area contributed by atoms with Crippen LogP contribution in [0.1, 0.15) is 25.1 Å². The van der Waals surface area contributed by atoms with Gasteiger partial charge in [0.2, 0.25) is 5.91 Å². The summed E-state index contributed by atoms with van der Waals surface area (Å²) in [6, 6.07) is 15.1. The molecule has 1 aromatic carbocycles. The fraction of sp³-hybridized carbons (Fsp3) is 0.238. The minimum atomic E-state index is 0.0832. The zero-order chi connectivity index (χ0) is 19.3. The molecule has 1 saturated carbocycles. The van der Waals surface area contributed by atoms with Crippen molar-refractivity contribution < 1.29 is 4.79 Å². The van der Waals surface area contributed by atoms with Crippen LogP contribution in [0.25, 0.3) is 0 Å². The van der Waals surface area contributed by atoms with Crippen LogP contribution in [0.2, 0.25) is 0 Å². The molecule has 0 saturated heterocycles. The molecule has 0 spiro atoms. The third-order valence-corrected chi connectivity index (χ3v) is 4.37.